The number of carbonyl (C=O) groups excluding carboxylic acids is 2. The number of likely N-dealkylation sites (tertiary alicyclic amines) is 2. The SMILES string of the molecule is COc1cc(C2C(C(=O)O[C@@H]3C[C@@H]4[C@@H](CN(C)C[C@@H]4C)[C@@H]3C)C(c3ccc(OS(=O)(=O)c4ccc(C)cc4)c(OC)c3)C2C(=O)O[C@@H]2C[C@@H]3[C@@H](CN(C)C[C@@H]3C)[C@@H]2C)ccc1OS(=O)(=O)c1ccc(C)cc1. The minimum Gasteiger partial charge on any atom is -0.493 e. The molecule has 16 heteroatoms. The van der Waals surface area contributed by atoms with Crippen molar-refractivity contribution < 1.29 is 53.7 Å². The minimum atomic E-state index is -4.28. The number of rotatable bonds is 14. The Kier molecular flexibility index (Phi) is 14.6. The molecule has 0 N–H and O–H groups in total. The van der Waals surface area contributed by atoms with E-state index in [1.54, 1.807) is 48.5 Å². The van der Waals surface area contributed by atoms with Gasteiger partial charge in [0.2, 0.25) is 0 Å². The second-order valence-corrected chi connectivity index (χ2v) is 24.9. The van der Waals surface area contributed by atoms with Crippen molar-refractivity contribution in [3.8, 4) is 23.0 Å². The van der Waals surface area contributed by atoms with E-state index in [4.69, 9.17) is 27.3 Å². The Balaban J connectivity index is 1.12. The molecule has 14 nitrogen and oxygen atoms in total. The summed E-state index contributed by atoms with van der Waals surface area (Å²) in [5.74, 6) is -2.09. The van der Waals surface area contributed by atoms with E-state index in [1.165, 1.54) is 50.6 Å². The molecule has 9 rings (SSSR count). The number of methoxy groups -OCH3 is 2. The predicted octanol–water partition coefficient (Wildman–Crippen LogP) is 8.50. The lowest BCUT2D eigenvalue weighted by atomic mass is 9.52. The van der Waals surface area contributed by atoms with E-state index in [0.717, 1.165) is 50.1 Å². The van der Waals surface area contributed by atoms with Crippen LogP contribution < -0.4 is 17.8 Å². The van der Waals surface area contributed by atoms with Gasteiger partial charge < -0.3 is 37.1 Å². The first kappa shape index (κ1) is 51.7. The largest absolute Gasteiger partial charge is 0.493 e. The van der Waals surface area contributed by atoms with Crippen LogP contribution in [0.1, 0.15) is 74.6 Å². The van der Waals surface area contributed by atoms with Crippen molar-refractivity contribution >= 4 is 32.2 Å². The van der Waals surface area contributed by atoms with Crippen LogP contribution in [0.3, 0.4) is 0 Å². The molecular formula is C56H70N2O12S2. The summed E-state index contributed by atoms with van der Waals surface area (Å²) < 4.78 is 90.7. The Morgan fingerprint density at radius 3 is 1.21 bits per heavy atom. The van der Waals surface area contributed by atoms with Gasteiger partial charge in [-0.25, -0.2) is 0 Å². The molecule has 0 radical (unpaired) electrons. The zero-order valence-corrected chi connectivity index (χ0v) is 44.7. The second-order valence-electron chi connectivity index (χ2n) is 21.8. The molecule has 0 amide bonds. The van der Waals surface area contributed by atoms with Gasteiger partial charge in [-0.2, -0.15) is 16.8 Å². The van der Waals surface area contributed by atoms with Crippen LogP contribution in [0.15, 0.2) is 94.7 Å². The Bertz CT molecular complexity index is 2670. The van der Waals surface area contributed by atoms with Gasteiger partial charge in [0.1, 0.15) is 22.0 Å². The third kappa shape index (κ3) is 9.97. The third-order valence-electron chi connectivity index (χ3n) is 17.1. The quantitative estimate of drug-likeness (QED) is 0.0872. The molecule has 4 aromatic carbocycles. The average Bonchev–Trinajstić information content (AvgIpc) is 3.80. The molecule has 72 heavy (non-hydrogen) atoms. The molecule has 5 fully saturated rings. The molecule has 3 aliphatic carbocycles. The molecule has 2 saturated heterocycles. The molecule has 0 spiro atoms. The van der Waals surface area contributed by atoms with Gasteiger partial charge in [0.05, 0.1) is 26.1 Å². The van der Waals surface area contributed by atoms with Crippen LogP contribution in [-0.2, 0) is 39.3 Å². The van der Waals surface area contributed by atoms with E-state index in [0.29, 0.717) is 46.6 Å². The number of nitrogens with zero attached hydrogens (tertiary/aromatic N) is 2. The fraction of sp³-hybridized carbons (Fsp3) is 0.536. The van der Waals surface area contributed by atoms with Crippen LogP contribution in [0.25, 0.3) is 0 Å². The number of ether oxygens (including phenoxy) is 4. The van der Waals surface area contributed by atoms with Gasteiger partial charge in [-0.15, -0.1) is 0 Å². The number of fused-ring (bicyclic) bond motifs is 2. The van der Waals surface area contributed by atoms with Gasteiger partial charge in [-0.3, -0.25) is 9.59 Å². The van der Waals surface area contributed by atoms with Gasteiger partial charge in [-0.1, -0.05) is 75.2 Å². The molecule has 388 valence electrons. The van der Waals surface area contributed by atoms with Crippen molar-refractivity contribution in [3.63, 3.8) is 0 Å². The Morgan fingerprint density at radius 2 is 0.861 bits per heavy atom. The zero-order valence-electron chi connectivity index (χ0n) is 43.0. The van der Waals surface area contributed by atoms with Gasteiger partial charge in [0, 0.05) is 38.0 Å². The first-order valence-electron chi connectivity index (χ1n) is 25.3. The summed E-state index contributed by atoms with van der Waals surface area (Å²) in [4.78, 5) is 35.4. The normalized spacial score (nSPS) is 31.6. The van der Waals surface area contributed by atoms with Crippen LogP contribution in [0.5, 0.6) is 23.0 Å². The van der Waals surface area contributed by atoms with E-state index in [1.807, 2.05) is 13.8 Å². The van der Waals surface area contributed by atoms with Crippen LogP contribution in [0.4, 0.5) is 0 Å². The first-order chi connectivity index (χ1) is 34.2. The maximum absolute atomic E-state index is 15.4. The van der Waals surface area contributed by atoms with Gasteiger partial charge in [-0.05, 0) is 148 Å². The topological polar surface area (TPSA) is 164 Å². The Labute approximate surface area is 425 Å². The van der Waals surface area contributed by atoms with Gasteiger partial charge in [0.25, 0.3) is 0 Å². The molecule has 3 saturated carbocycles. The molecule has 0 bridgehead atoms. The smallest absolute Gasteiger partial charge is 0.339 e. The summed E-state index contributed by atoms with van der Waals surface area (Å²) in [5, 5.41) is 0. The lowest BCUT2D eigenvalue weighted by Gasteiger charge is -2.50. The maximum Gasteiger partial charge on any atom is 0.339 e. The van der Waals surface area contributed by atoms with Crippen molar-refractivity contribution in [3.05, 3.63) is 107 Å². The number of benzene rings is 4. The maximum atomic E-state index is 15.4. The lowest BCUT2D eigenvalue weighted by molar-refractivity contribution is -0.175. The molecule has 2 heterocycles. The summed E-state index contributed by atoms with van der Waals surface area (Å²) in [5.41, 5.74) is 2.82. The number of hydrogen-bond donors (Lipinski definition) is 0. The van der Waals surface area contributed by atoms with Crippen molar-refractivity contribution in [1.82, 2.24) is 9.80 Å². The predicted molar refractivity (Wildman–Crippen MR) is 271 cm³/mol. The highest BCUT2D eigenvalue weighted by molar-refractivity contribution is 7.87. The van der Waals surface area contributed by atoms with Crippen LogP contribution in [0, 0.1) is 73.0 Å². The molecule has 4 aromatic rings. The monoisotopic (exact) mass is 1030 g/mol. The highest BCUT2D eigenvalue weighted by Gasteiger charge is 2.62. The van der Waals surface area contributed by atoms with E-state index in [2.05, 4.69) is 51.6 Å². The third-order valence-corrected chi connectivity index (χ3v) is 19.6. The van der Waals surface area contributed by atoms with E-state index < -0.39 is 55.8 Å². The Morgan fingerprint density at radius 1 is 0.500 bits per heavy atom. The first-order valence-corrected chi connectivity index (χ1v) is 28.2. The second kappa shape index (κ2) is 20.3. The molecule has 0 aromatic heterocycles. The fourth-order valence-corrected chi connectivity index (χ4v) is 15.2. The van der Waals surface area contributed by atoms with E-state index in [9.17, 15) is 16.8 Å². The summed E-state index contributed by atoms with van der Waals surface area (Å²) in [6.07, 6.45) is 0.706. The number of esters is 2. The summed E-state index contributed by atoms with van der Waals surface area (Å²) in [7, 11) is -1.50. The minimum absolute atomic E-state index is 0.0321. The van der Waals surface area contributed by atoms with Crippen molar-refractivity contribution in [1.29, 1.82) is 0 Å². The van der Waals surface area contributed by atoms with Crippen molar-refractivity contribution in [2.24, 2.45) is 59.2 Å². The molecule has 5 aliphatic rings. The number of piperidine rings is 2. The van der Waals surface area contributed by atoms with Crippen molar-refractivity contribution in [2.45, 2.75) is 88.2 Å². The molecule has 10 atom stereocenters. The fourth-order valence-electron chi connectivity index (χ4n) is 13.3. The lowest BCUT2D eigenvalue weighted by Crippen LogP contribution is -2.53. The van der Waals surface area contributed by atoms with Crippen LogP contribution in [-0.4, -0.2) is 105 Å². The molecule has 2 aliphatic heterocycles. The highest BCUT2D eigenvalue weighted by atomic mass is 32.2. The van der Waals surface area contributed by atoms with Gasteiger partial charge in [0.15, 0.2) is 23.0 Å². The van der Waals surface area contributed by atoms with Crippen molar-refractivity contribution in [2.75, 3.05) is 54.5 Å². The standard InChI is InChI=1S/C56H70N2O12S2/c1-31-11-17-39(18-12-31)71(61,62)69-45-21-15-37(23-49(45)65-9)51-53(55(59)67-47-25-41-33(3)27-57(7)29-43(41)35(47)5)52(54(51)56(60)68-48-26-42-34(4)28-58(8)30-44(42)36(48)6)38-16-22-46(50(24-38)66-10)70-72(63,64)40-19-13-32(2)14-20-40/h11-24,33-36,41-44,47-48,51-54H,25-30H2,1-10H3/t33-,34-,35-,36-,41-,42-,43-,44-,47+,48+,51?,52?,53?,54?/m0/s1. The average molecular weight is 1030 g/mol. The highest BCUT2D eigenvalue weighted by Crippen LogP contribution is 2.61. The summed E-state index contributed by atoms with van der Waals surface area (Å²) >= 11 is 0. The Hall–Kier alpha value is -5.16. The van der Waals surface area contributed by atoms with Crippen LogP contribution >= 0.6 is 0 Å². The summed E-state index contributed by atoms with van der Waals surface area (Å²) in [6, 6.07) is 22.2. The number of aryl methyl sites for hydroxylation is 2. The van der Waals surface area contributed by atoms with E-state index in [-0.39, 0.29) is 56.8 Å². The summed E-state index contributed by atoms with van der Waals surface area (Å²) in [6.45, 7) is 16.3. The number of carbonyl (C=O) groups is 2. The van der Waals surface area contributed by atoms with E-state index >= 15 is 9.59 Å². The zero-order chi connectivity index (χ0) is 51.6. The number of hydrogen-bond acceptors (Lipinski definition) is 14. The van der Waals surface area contributed by atoms with Crippen LogP contribution in [0.2, 0.25) is 0 Å². The molecular weight excluding hydrogens is 957 g/mol. The van der Waals surface area contributed by atoms with Gasteiger partial charge >= 0.3 is 32.2 Å². The molecule has 0 unspecified atom stereocenters.